The first-order chi connectivity index (χ1) is 14.1. The van der Waals surface area contributed by atoms with E-state index in [1.165, 1.54) is 7.11 Å². The number of benzene rings is 2. The summed E-state index contributed by atoms with van der Waals surface area (Å²) in [5, 5.41) is 2.89. The van der Waals surface area contributed by atoms with E-state index >= 15 is 0 Å². The number of ether oxygens (including phenoxy) is 4. The summed E-state index contributed by atoms with van der Waals surface area (Å²) in [4.78, 5) is 24.0. The van der Waals surface area contributed by atoms with Crippen LogP contribution >= 0.6 is 0 Å². The predicted molar refractivity (Wildman–Crippen MR) is 108 cm³/mol. The van der Waals surface area contributed by atoms with Gasteiger partial charge in [0, 0.05) is 18.6 Å². The van der Waals surface area contributed by atoms with Gasteiger partial charge in [0.1, 0.15) is 18.3 Å². The van der Waals surface area contributed by atoms with Crippen molar-refractivity contribution >= 4 is 11.9 Å². The SMILES string of the molecule is CCOCOCC(CCC(=O)OC)NC(=O)c1ccc(Oc2ccccc2)cc1. The molecule has 0 radical (unpaired) electrons. The highest BCUT2D eigenvalue weighted by Crippen LogP contribution is 2.21. The van der Waals surface area contributed by atoms with Gasteiger partial charge in [-0.05, 0) is 49.7 Å². The minimum atomic E-state index is -0.345. The molecule has 0 fully saturated rings. The molecule has 1 N–H and O–H groups in total. The van der Waals surface area contributed by atoms with Crippen molar-refractivity contribution in [1.82, 2.24) is 5.32 Å². The van der Waals surface area contributed by atoms with E-state index < -0.39 is 0 Å². The van der Waals surface area contributed by atoms with Crippen molar-refractivity contribution in [2.24, 2.45) is 0 Å². The molecule has 1 unspecified atom stereocenters. The molecular formula is C22H27NO6. The van der Waals surface area contributed by atoms with E-state index in [1.54, 1.807) is 24.3 Å². The Morgan fingerprint density at radius 3 is 2.31 bits per heavy atom. The highest BCUT2D eigenvalue weighted by Gasteiger charge is 2.16. The quantitative estimate of drug-likeness (QED) is 0.333. The molecule has 7 heteroatoms. The molecule has 0 heterocycles. The Kier molecular flexibility index (Phi) is 9.68. The highest BCUT2D eigenvalue weighted by atomic mass is 16.7. The van der Waals surface area contributed by atoms with Crippen LogP contribution in [-0.2, 0) is 19.0 Å². The number of rotatable bonds is 12. The van der Waals surface area contributed by atoms with Crippen LogP contribution in [0.25, 0.3) is 0 Å². The van der Waals surface area contributed by atoms with Crippen LogP contribution in [0.2, 0.25) is 0 Å². The van der Waals surface area contributed by atoms with Crippen molar-refractivity contribution < 1.29 is 28.5 Å². The molecule has 0 bridgehead atoms. The van der Waals surface area contributed by atoms with Gasteiger partial charge in [0.2, 0.25) is 0 Å². The van der Waals surface area contributed by atoms with E-state index in [4.69, 9.17) is 14.2 Å². The molecule has 0 aromatic heterocycles. The van der Waals surface area contributed by atoms with Crippen molar-refractivity contribution in [1.29, 1.82) is 0 Å². The lowest BCUT2D eigenvalue weighted by atomic mass is 10.1. The molecule has 2 aromatic rings. The van der Waals surface area contributed by atoms with Gasteiger partial charge in [-0.25, -0.2) is 0 Å². The Hall–Kier alpha value is -2.90. The molecular weight excluding hydrogens is 374 g/mol. The number of methoxy groups -OCH3 is 1. The van der Waals surface area contributed by atoms with Crippen molar-refractivity contribution in [3.63, 3.8) is 0 Å². The van der Waals surface area contributed by atoms with E-state index in [0.29, 0.717) is 24.3 Å². The molecule has 2 rings (SSSR count). The molecule has 0 aliphatic carbocycles. The van der Waals surface area contributed by atoms with Crippen molar-refractivity contribution in [2.45, 2.75) is 25.8 Å². The third-order valence-corrected chi connectivity index (χ3v) is 4.05. The summed E-state index contributed by atoms with van der Waals surface area (Å²) in [6.45, 7) is 2.77. The normalized spacial score (nSPS) is 11.5. The zero-order valence-corrected chi connectivity index (χ0v) is 16.8. The Balaban J connectivity index is 1.92. The molecule has 0 aliphatic heterocycles. The van der Waals surface area contributed by atoms with Crippen molar-refractivity contribution in [3.05, 3.63) is 60.2 Å². The van der Waals surface area contributed by atoms with Crippen LogP contribution in [0.15, 0.2) is 54.6 Å². The monoisotopic (exact) mass is 401 g/mol. The number of para-hydroxylation sites is 1. The minimum absolute atomic E-state index is 0.132. The molecule has 1 amide bonds. The summed E-state index contributed by atoms with van der Waals surface area (Å²) in [7, 11) is 1.33. The van der Waals surface area contributed by atoms with Crippen LogP contribution in [0.4, 0.5) is 0 Å². The summed E-state index contributed by atoms with van der Waals surface area (Å²) in [5.74, 6) is 0.761. The molecule has 2 aromatic carbocycles. The first kappa shape index (κ1) is 22.4. The summed E-state index contributed by atoms with van der Waals surface area (Å²) in [5.41, 5.74) is 0.485. The fourth-order valence-corrected chi connectivity index (χ4v) is 2.49. The smallest absolute Gasteiger partial charge is 0.305 e. The zero-order chi connectivity index (χ0) is 20.9. The second-order valence-corrected chi connectivity index (χ2v) is 6.21. The fraction of sp³-hybridized carbons (Fsp3) is 0.364. The average Bonchev–Trinajstić information content (AvgIpc) is 2.75. The molecule has 156 valence electrons. The number of esters is 1. The molecule has 1 atom stereocenters. The van der Waals surface area contributed by atoms with Gasteiger partial charge in [0.05, 0.1) is 19.8 Å². The van der Waals surface area contributed by atoms with E-state index in [1.807, 2.05) is 37.3 Å². The standard InChI is InChI=1S/C22H27NO6/c1-3-27-16-28-15-18(11-14-21(24)26-2)23-22(25)17-9-12-20(13-10-17)29-19-7-5-4-6-8-19/h4-10,12-13,18H,3,11,14-16H2,1-2H3,(H,23,25). The van der Waals surface area contributed by atoms with Gasteiger partial charge >= 0.3 is 5.97 Å². The lowest BCUT2D eigenvalue weighted by Crippen LogP contribution is -2.39. The second kappa shape index (κ2) is 12.5. The number of carbonyl (C=O) groups is 2. The molecule has 7 nitrogen and oxygen atoms in total. The topological polar surface area (TPSA) is 83.1 Å². The zero-order valence-electron chi connectivity index (χ0n) is 16.8. The number of amides is 1. The van der Waals surface area contributed by atoms with Crippen LogP contribution < -0.4 is 10.1 Å². The Morgan fingerprint density at radius 2 is 1.66 bits per heavy atom. The Morgan fingerprint density at radius 1 is 0.966 bits per heavy atom. The maximum Gasteiger partial charge on any atom is 0.305 e. The second-order valence-electron chi connectivity index (χ2n) is 6.21. The third kappa shape index (κ3) is 8.33. The number of hydrogen-bond donors (Lipinski definition) is 1. The van der Waals surface area contributed by atoms with E-state index in [9.17, 15) is 9.59 Å². The van der Waals surface area contributed by atoms with Gasteiger partial charge in [0.15, 0.2) is 0 Å². The third-order valence-electron chi connectivity index (χ3n) is 4.05. The first-order valence-corrected chi connectivity index (χ1v) is 9.48. The van der Waals surface area contributed by atoms with E-state index in [2.05, 4.69) is 10.1 Å². The van der Waals surface area contributed by atoms with Crippen LogP contribution in [0.3, 0.4) is 0 Å². The van der Waals surface area contributed by atoms with Gasteiger partial charge in [-0.15, -0.1) is 0 Å². The summed E-state index contributed by atoms with van der Waals surface area (Å²) >= 11 is 0. The van der Waals surface area contributed by atoms with Crippen LogP contribution in [-0.4, -0.2) is 45.0 Å². The van der Waals surface area contributed by atoms with Gasteiger partial charge in [0.25, 0.3) is 5.91 Å². The van der Waals surface area contributed by atoms with Crippen molar-refractivity contribution in [3.8, 4) is 11.5 Å². The summed E-state index contributed by atoms with van der Waals surface area (Å²) < 4.78 is 21.0. The average molecular weight is 401 g/mol. The number of hydrogen-bond acceptors (Lipinski definition) is 6. The first-order valence-electron chi connectivity index (χ1n) is 9.48. The molecule has 0 saturated carbocycles. The molecule has 0 aliphatic rings. The maximum atomic E-state index is 12.6. The van der Waals surface area contributed by atoms with Crippen LogP contribution in [0.5, 0.6) is 11.5 Å². The highest BCUT2D eigenvalue weighted by molar-refractivity contribution is 5.94. The maximum absolute atomic E-state index is 12.6. The summed E-state index contributed by atoms with van der Waals surface area (Å²) in [6, 6.07) is 15.9. The molecule has 0 saturated heterocycles. The number of nitrogens with one attached hydrogen (secondary N) is 1. The molecule has 0 spiro atoms. The van der Waals surface area contributed by atoms with Gasteiger partial charge in [-0.3, -0.25) is 9.59 Å². The van der Waals surface area contributed by atoms with Gasteiger partial charge in [-0.1, -0.05) is 18.2 Å². The van der Waals surface area contributed by atoms with Crippen molar-refractivity contribution in [2.75, 3.05) is 27.1 Å². The van der Waals surface area contributed by atoms with Gasteiger partial charge < -0.3 is 24.3 Å². The largest absolute Gasteiger partial charge is 0.469 e. The van der Waals surface area contributed by atoms with Crippen LogP contribution in [0.1, 0.15) is 30.1 Å². The summed E-state index contributed by atoms with van der Waals surface area (Å²) in [6.07, 6.45) is 0.586. The van der Waals surface area contributed by atoms with E-state index in [-0.39, 0.29) is 37.7 Å². The van der Waals surface area contributed by atoms with E-state index in [0.717, 1.165) is 5.75 Å². The Labute approximate surface area is 170 Å². The minimum Gasteiger partial charge on any atom is -0.469 e. The number of carbonyl (C=O) groups excluding carboxylic acids is 2. The lowest BCUT2D eigenvalue weighted by Gasteiger charge is -2.18. The predicted octanol–water partition coefficient (Wildman–Crippen LogP) is 3.54. The molecule has 29 heavy (non-hydrogen) atoms. The van der Waals surface area contributed by atoms with Crippen LogP contribution in [0, 0.1) is 0 Å². The Bertz CT molecular complexity index is 748. The lowest BCUT2D eigenvalue weighted by molar-refractivity contribution is -0.141. The fourth-order valence-electron chi connectivity index (χ4n) is 2.49. The van der Waals surface area contributed by atoms with Gasteiger partial charge in [-0.2, -0.15) is 0 Å².